The van der Waals surface area contributed by atoms with E-state index in [1.54, 1.807) is 17.2 Å². The molecule has 0 bridgehead atoms. The van der Waals surface area contributed by atoms with Crippen LogP contribution >= 0.6 is 0 Å². The Morgan fingerprint density at radius 1 is 1.36 bits per heavy atom. The van der Waals surface area contributed by atoms with Crippen molar-refractivity contribution in [2.45, 2.75) is 32.5 Å². The summed E-state index contributed by atoms with van der Waals surface area (Å²) in [6, 6.07) is 6.81. The normalized spacial score (nSPS) is 14.3. The van der Waals surface area contributed by atoms with Gasteiger partial charge in [0.15, 0.2) is 0 Å². The van der Waals surface area contributed by atoms with Gasteiger partial charge in [0.05, 0.1) is 12.8 Å². The van der Waals surface area contributed by atoms with Gasteiger partial charge in [-0.1, -0.05) is 6.07 Å². The summed E-state index contributed by atoms with van der Waals surface area (Å²) in [6.07, 6.45) is 3.42. The van der Waals surface area contributed by atoms with Crippen molar-refractivity contribution in [1.29, 1.82) is 0 Å². The molecule has 6 heteroatoms. The first-order chi connectivity index (χ1) is 12.0. The minimum atomic E-state index is -0.219. The number of carbonyl (C=O) groups is 1. The topological polar surface area (TPSA) is 48.7 Å². The highest BCUT2D eigenvalue weighted by Crippen LogP contribution is 2.19. The number of amides is 2. The first-order valence-electron chi connectivity index (χ1n) is 8.53. The highest BCUT2D eigenvalue weighted by Gasteiger charge is 2.20. The molecule has 2 amide bonds. The fourth-order valence-corrected chi connectivity index (χ4v) is 3.11. The fraction of sp³-hybridized carbons (Fsp3) is 0.421. The first-order valence-corrected chi connectivity index (χ1v) is 8.53. The summed E-state index contributed by atoms with van der Waals surface area (Å²) >= 11 is 0. The molecule has 0 saturated heterocycles. The van der Waals surface area contributed by atoms with Crippen LogP contribution in [0.5, 0.6) is 0 Å². The van der Waals surface area contributed by atoms with Crippen molar-refractivity contribution in [1.82, 2.24) is 15.1 Å². The van der Waals surface area contributed by atoms with Gasteiger partial charge in [-0.2, -0.15) is 0 Å². The van der Waals surface area contributed by atoms with Crippen molar-refractivity contribution >= 4 is 6.03 Å². The van der Waals surface area contributed by atoms with Gasteiger partial charge in [-0.15, -0.1) is 0 Å². The zero-order chi connectivity index (χ0) is 17.8. The number of benzene rings is 1. The number of nitrogens with one attached hydrogen (secondary N) is 1. The van der Waals surface area contributed by atoms with Crippen molar-refractivity contribution in [2.24, 2.45) is 0 Å². The monoisotopic (exact) mass is 345 g/mol. The van der Waals surface area contributed by atoms with Crippen molar-refractivity contribution in [3.05, 3.63) is 58.8 Å². The summed E-state index contributed by atoms with van der Waals surface area (Å²) in [6.45, 7) is 2.18. The average Bonchev–Trinajstić information content (AvgIpc) is 2.91. The lowest BCUT2D eigenvalue weighted by atomic mass is 10.1. The number of nitrogens with zero attached hydrogens (tertiary/aromatic N) is 2. The second-order valence-corrected chi connectivity index (χ2v) is 6.72. The summed E-state index contributed by atoms with van der Waals surface area (Å²) in [5.74, 6) is 0.756. The number of hydrogen-bond donors (Lipinski definition) is 1. The van der Waals surface area contributed by atoms with Gasteiger partial charge >= 0.3 is 6.03 Å². The summed E-state index contributed by atoms with van der Waals surface area (Å²) in [5, 5.41) is 2.94. The molecule has 25 heavy (non-hydrogen) atoms. The molecule has 0 aliphatic carbocycles. The molecule has 0 radical (unpaired) electrons. The Balaban J connectivity index is 1.60. The molecular weight excluding hydrogens is 321 g/mol. The molecule has 0 saturated carbocycles. The molecular formula is C19H24FN3O2. The first kappa shape index (κ1) is 17.5. The maximum atomic E-state index is 13.8. The molecule has 3 rings (SSSR count). The molecule has 1 aromatic carbocycles. The zero-order valence-electron chi connectivity index (χ0n) is 14.7. The predicted molar refractivity (Wildman–Crippen MR) is 93.5 cm³/mol. The van der Waals surface area contributed by atoms with Crippen molar-refractivity contribution < 1.29 is 13.6 Å². The van der Waals surface area contributed by atoms with Crippen LogP contribution in [0, 0.1) is 5.82 Å². The van der Waals surface area contributed by atoms with Crippen LogP contribution in [0.2, 0.25) is 0 Å². The van der Waals surface area contributed by atoms with Gasteiger partial charge in [0.2, 0.25) is 0 Å². The quantitative estimate of drug-likeness (QED) is 0.926. The number of fused-ring (bicyclic) bond motifs is 1. The third kappa shape index (κ3) is 4.39. The van der Waals surface area contributed by atoms with Crippen LogP contribution in [0.4, 0.5) is 9.18 Å². The molecule has 134 valence electrons. The van der Waals surface area contributed by atoms with E-state index in [1.807, 2.05) is 31.1 Å². The highest BCUT2D eigenvalue weighted by atomic mass is 19.1. The Morgan fingerprint density at radius 2 is 2.20 bits per heavy atom. The number of aryl methyl sites for hydroxylation is 1. The van der Waals surface area contributed by atoms with Crippen LogP contribution in [-0.2, 0) is 26.1 Å². The van der Waals surface area contributed by atoms with Gasteiger partial charge in [-0.25, -0.2) is 9.18 Å². The molecule has 0 atom stereocenters. The number of hydrogen-bond acceptors (Lipinski definition) is 3. The Morgan fingerprint density at radius 3 is 3.00 bits per heavy atom. The van der Waals surface area contributed by atoms with Gasteiger partial charge in [0.25, 0.3) is 0 Å². The number of furan rings is 1. The van der Waals surface area contributed by atoms with Crippen LogP contribution in [0.15, 0.2) is 34.9 Å². The molecule has 1 aliphatic heterocycles. The van der Waals surface area contributed by atoms with Crippen LogP contribution in [-0.4, -0.2) is 36.5 Å². The largest absolute Gasteiger partial charge is 0.469 e. The third-order valence-corrected chi connectivity index (χ3v) is 4.36. The Hall–Kier alpha value is -2.34. The molecule has 1 aliphatic rings. The van der Waals surface area contributed by atoms with Gasteiger partial charge in [-0.05, 0) is 44.3 Å². The molecule has 0 unspecified atom stereocenters. The fourth-order valence-electron chi connectivity index (χ4n) is 3.11. The maximum absolute atomic E-state index is 13.8. The van der Waals surface area contributed by atoms with E-state index in [-0.39, 0.29) is 11.8 Å². The van der Waals surface area contributed by atoms with E-state index in [0.29, 0.717) is 31.7 Å². The van der Waals surface area contributed by atoms with Gasteiger partial charge in [0, 0.05) is 37.2 Å². The van der Waals surface area contributed by atoms with Crippen LogP contribution in [0.1, 0.15) is 28.9 Å². The van der Waals surface area contributed by atoms with Crippen molar-refractivity contribution in [3.8, 4) is 0 Å². The van der Waals surface area contributed by atoms with Crippen LogP contribution in [0.3, 0.4) is 0 Å². The second kappa shape index (κ2) is 7.70. The SMILES string of the molecule is CN(C)Cc1cc(CNC(=O)N2CCCc3occc3C2)ccc1F. The smallest absolute Gasteiger partial charge is 0.317 e. The number of urea groups is 1. The summed E-state index contributed by atoms with van der Waals surface area (Å²) < 4.78 is 19.3. The van der Waals surface area contributed by atoms with Gasteiger partial charge in [0.1, 0.15) is 11.6 Å². The molecule has 1 aromatic heterocycles. The number of rotatable bonds is 4. The zero-order valence-corrected chi connectivity index (χ0v) is 14.7. The average molecular weight is 345 g/mol. The van der Waals surface area contributed by atoms with E-state index >= 15 is 0 Å². The molecule has 5 nitrogen and oxygen atoms in total. The number of carbonyl (C=O) groups excluding carboxylic acids is 1. The van der Waals surface area contributed by atoms with Gasteiger partial charge in [-0.3, -0.25) is 0 Å². The lowest BCUT2D eigenvalue weighted by Crippen LogP contribution is -2.39. The van der Waals surface area contributed by atoms with Crippen molar-refractivity contribution in [3.63, 3.8) is 0 Å². The lowest BCUT2D eigenvalue weighted by molar-refractivity contribution is 0.195. The van der Waals surface area contributed by atoms with E-state index in [9.17, 15) is 9.18 Å². The third-order valence-electron chi connectivity index (χ3n) is 4.36. The van der Waals surface area contributed by atoms with Crippen molar-refractivity contribution in [2.75, 3.05) is 20.6 Å². The van der Waals surface area contributed by atoms with E-state index in [1.165, 1.54) is 6.07 Å². The Kier molecular flexibility index (Phi) is 5.38. The Labute approximate surface area is 147 Å². The summed E-state index contributed by atoms with van der Waals surface area (Å²) in [5.41, 5.74) is 2.60. The van der Waals surface area contributed by atoms with E-state index in [4.69, 9.17) is 4.42 Å². The standard InChI is InChI=1S/C19H24FN3O2/c1-22(2)12-16-10-14(5-6-17(16)20)11-21-19(24)23-8-3-4-18-15(13-23)7-9-25-18/h5-7,9-10H,3-4,8,11-13H2,1-2H3,(H,21,24). The van der Waals surface area contributed by atoms with E-state index < -0.39 is 0 Å². The highest BCUT2D eigenvalue weighted by molar-refractivity contribution is 5.74. The lowest BCUT2D eigenvalue weighted by Gasteiger charge is -2.21. The molecule has 0 spiro atoms. The molecule has 1 N–H and O–H groups in total. The number of halogens is 1. The summed E-state index contributed by atoms with van der Waals surface area (Å²) in [7, 11) is 3.80. The van der Waals surface area contributed by atoms with Crippen LogP contribution in [0.25, 0.3) is 0 Å². The van der Waals surface area contributed by atoms with Gasteiger partial charge < -0.3 is 19.5 Å². The van der Waals surface area contributed by atoms with E-state index in [0.717, 1.165) is 29.7 Å². The molecule has 2 aromatic rings. The maximum Gasteiger partial charge on any atom is 0.317 e. The van der Waals surface area contributed by atoms with E-state index in [2.05, 4.69) is 5.32 Å². The minimum Gasteiger partial charge on any atom is -0.469 e. The molecule has 2 heterocycles. The second-order valence-electron chi connectivity index (χ2n) is 6.72. The summed E-state index contributed by atoms with van der Waals surface area (Å²) in [4.78, 5) is 16.2. The minimum absolute atomic E-state index is 0.104. The van der Waals surface area contributed by atoms with Crippen LogP contribution < -0.4 is 5.32 Å². The molecule has 0 fully saturated rings. The Bertz CT molecular complexity index is 742. The predicted octanol–water partition coefficient (Wildman–Crippen LogP) is 3.14.